The molecule has 0 aliphatic carbocycles. The molecular formula is C12H18ClNO2. The van der Waals surface area contributed by atoms with Crippen LogP contribution in [-0.4, -0.2) is 19.1 Å². The number of halogens is 1. The first-order chi connectivity index (χ1) is 7.27. The summed E-state index contributed by atoms with van der Waals surface area (Å²) < 4.78 is 4.93. The van der Waals surface area contributed by atoms with Gasteiger partial charge in [0.15, 0.2) is 0 Å². The van der Waals surface area contributed by atoms with E-state index in [-0.39, 0.29) is 24.3 Å². The minimum absolute atomic E-state index is 0. The van der Waals surface area contributed by atoms with E-state index >= 15 is 0 Å². The molecule has 0 fully saturated rings. The fraction of sp³-hybridized carbons (Fsp3) is 0.417. The van der Waals surface area contributed by atoms with Gasteiger partial charge in [-0.25, -0.2) is 0 Å². The lowest BCUT2D eigenvalue weighted by molar-refractivity contribution is -0.372. The smallest absolute Gasteiger partial charge is 0.306 e. The summed E-state index contributed by atoms with van der Waals surface area (Å²) >= 11 is 0. The molecule has 3 N–H and O–H groups in total. The first-order valence-corrected chi connectivity index (χ1v) is 5.27. The van der Waals surface area contributed by atoms with E-state index in [2.05, 4.69) is 5.73 Å². The summed E-state index contributed by atoms with van der Waals surface area (Å²) in [5.41, 5.74) is 5.02. The van der Waals surface area contributed by atoms with Crippen LogP contribution in [-0.2, 0) is 9.53 Å². The number of esters is 1. The second-order valence-electron chi connectivity index (χ2n) is 3.41. The molecule has 0 aliphatic heterocycles. The highest BCUT2D eigenvalue weighted by atomic mass is 35.5. The van der Waals surface area contributed by atoms with Crippen LogP contribution in [0.25, 0.3) is 0 Å². The minimum Gasteiger partial charge on any atom is -1.00 e. The van der Waals surface area contributed by atoms with E-state index in [1.165, 1.54) is 0 Å². The standard InChI is InChI=1S/C12H17NO2.ClH/c1-2-15-12(14)8-11(9-13)10-6-4-3-5-7-10;/h3-7,11H,2,8-9,13H2,1H3;1H/t11-;/m0./s1. The van der Waals surface area contributed by atoms with Gasteiger partial charge >= 0.3 is 5.97 Å². The van der Waals surface area contributed by atoms with Gasteiger partial charge in [0.05, 0.1) is 19.6 Å². The third-order valence-electron chi connectivity index (χ3n) is 2.34. The zero-order valence-electron chi connectivity index (χ0n) is 9.49. The van der Waals surface area contributed by atoms with Gasteiger partial charge in [0.1, 0.15) is 0 Å². The van der Waals surface area contributed by atoms with Crippen molar-refractivity contribution in [2.75, 3.05) is 13.2 Å². The van der Waals surface area contributed by atoms with Crippen LogP contribution in [0.5, 0.6) is 0 Å². The molecule has 4 heteroatoms. The largest absolute Gasteiger partial charge is 1.00 e. The monoisotopic (exact) mass is 243 g/mol. The third-order valence-corrected chi connectivity index (χ3v) is 2.34. The Bertz CT molecular complexity index is 303. The van der Waals surface area contributed by atoms with Crippen molar-refractivity contribution >= 4 is 5.97 Å². The molecule has 0 aliphatic rings. The van der Waals surface area contributed by atoms with E-state index in [0.717, 1.165) is 5.56 Å². The van der Waals surface area contributed by atoms with E-state index in [1.807, 2.05) is 37.3 Å². The van der Waals surface area contributed by atoms with Gasteiger partial charge in [0.25, 0.3) is 0 Å². The molecule has 1 rings (SSSR count). The molecule has 0 spiro atoms. The van der Waals surface area contributed by atoms with Gasteiger partial charge in [-0.3, -0.25) is 4.79 Å². The van der Waals surface area contributed by atoms with Gasteiger partial charge in [0.2, 0.25) is 0 Å². The molecule has 90 valence electrons. The fourth-order valence-corrected chi connectivity index (χ4v) is 1.53. The molecule has 0 saturated heterocycles. The van der Waals surface area contributed by atoms with Crippen LogP contribution in [0.1, 0.15) is 24.8 Å². The maximum absolute atomic E-state index is 11.3. The second-order valence-corrected chi connectivity index (χ2v) is 3.41. The summed E-state index contributed by atoms with van der Waals surface area (Å²) in [5, 5.41) is 0. The second kappa shape index (κ2) is 8.13. The van der Waals surface area contributed by atoms with Gasteiger partial charge in [-0.2, -0.15) is 0 Å². The number of hydrogen-bond donors (Lipinski definition) is 1. The maximum atomic E-state index is 11.3. The third kappa shape index (κ3) is 4.64. The van der Waals surface area contributed by atoms with E-state index in [9.17, 15) is 4.79 Å². The zero-order chi connectivity index (χ0) is 11.1. The number of ether oxygens (including phenoxy) is 1. The van der Waals surface area contributed by atoms with E-state index in [4.69, 9.17) is 4.74 Å². The fourth-order valence-electron chi connectivity index (χ4n) is 1.53. The van der Waals surface area contributed by atoms with Gasteiger partial charge in [-0.15, -0.1) is 0 Å². The van der Waals surface area contributed by atoms with Gasteiger partial charge < -0.3 is 22.9 Å². The number of hydrogen-bond acceptors (Lipinski definition) is 2. The summed E-state index contributed by atoms with van der Waals surface area (Å²) in [4.78, 5) is 11.3. The summed E-state index contributed by atoms with van der Waals surface area (Å²) in [6, 6.07) is 9.96. The highest BCUT2D eigenvalue weighted by molar-refractivity contribution is 5.70. The number of carbonyl (C=O) groups is 1. The van der Waals surface area contributed by atoms with Crippen LogP contribution in [0, 0.1) is 0 Å². The Hall–Kier alpha value is -1.06. The van der Waals surface area contributed by atoms with Gasteiger partial charge in [-0.05, 0) is 12.5 Å². The lowest BCUT2D eigenvalue weighted by Crippen LogP contribution is -3.00. The summed E-state index contributed by atoms with van der Waals surface area (Å²) in [5.74, 6) is 0.0280. The van der Waals surface area contributed by atoms with Crippen molar-refractivity contribution in [2.45, 2.75) is 19.3 Å². The van der Waals surface area contributed by atoms with Crippen molar-refractivity contribution in [3.05, 3.63) is 35.9 Å². The quantitative estimate of drug-likeness (QED) is 0.607. The Morgan fingerprint density at radius 2 is 2.00 bits per heavy atom. The molecule has 0 radical (unpaired) electrons. The first kappa shape index (κ1) is 14.9. The van der Waals surface area contributed by atoms with Gasteiger partial charge in [0, 0.05) is 5.92 Å². The average molecular weight is 244 g/mol. The Morgan fingerprint density at radius 1 is 1.38 bits per heavy atom. The number of carbonyl (C=O) groups excluding carboxylic acids is 1. The molecule has 0 bridgehead atoms. The highest BCUT2D eigenvalue weighted by Gasteiger charge is 2.16. The van der Waals surface area contributed by atoms with Crippen molar-refractivity contribution in [1.29, 1.82) is 0 Å². The molecule has 1 aromatic carbocycles. The SMILES string of the molecule is CCOC(=O)C[C@@H](C[NH3+])c1ccccc1.[Cl-]. The number of rotatable bonds is 5. The van der Waals surface area contributed by atoms with Crippen molar-refractivity contribution in [3.8, 4) is 0 Å². The Morgan fingerprint density at radius 3 is 2.50 bits per heavy atom. The Kier molecular flexibility index (Phi) is 7.60. The predicted octanol–water partition coefficient (Wildman–Crippen LogP) is -2.03. The van der Waals surface area contributed by atoms with Crippen molar-refractivity contribution in [2.24, 2.45) is 0 Å². The van der Waals surface area contributed by atoms with Crippen molar-refractivity contribution < 1.29 is 27.7 Å². The number of quaternary nitrogens is 1. The summed E-state index contributed by atoms with van der Waals surface area (Å²) in [7, 11) is 0. The molecule has 1 aromatic rings. The molecule has 16 heavy (non-hydrogen) atoms. The van der Waals surface area contributed by atoms with Crippen LogP contribution < -0.4 is 18.1 Å². The Labute approximate surface area is 102 Å². The lowest BCUT2D eigenvalue weighted by atomic mass is 9.96. The normalized spacial score (nSPS) is 11.4. The topological polar surface area (TPSA) is 53.9 Å². The summed E-state index contributed by atoms with van der Waals surface area (Å²) in [6.07, 6.45) is 0.418. The average Bonchev–Trinajstić information content (AvgIpc) is 2.27. The van der Waals surface area contributed by atoms with Crippen LogP contribution in [0.2, 0.25) is 0 Å². The molecule has 1 atom stereocenters. The Balaban J connectivity index is 0.00000225. The van der Waals surface area contributed by atoms with Crippen LogP contribution >= 0.6 is 0 Å². The molecule has 0 unspecified atom stereocenters. The minimum atomic E-state index is -0.144. The van der Waals surface area contributed by atoms with Crippen LogP contribution in [0.15, 0.2) is 30.3 Å². The predicted molar refractivity (Wildman–Crippen MR) is 58.2 cm³/mol. The van der Waals surface area contributed by atoms with E-state index in [0.29, 0.717) is 19.6 Å². The van der Waals surface area contributed by atoms with E-state index in [1.54, 1.807) is 0 Å². The van der Waals surface area contributed by atoms with Crippen molar-refractivity contribution in [3.63, 3.8) is 0 Å². The first-order valence-electron chi connectivity index (χ1n) is 5.27. The van der Waals surface area contributed by atoms with Crippen LogP contribution in [0.3, 0.4) is 0 Å². The van der Waals surface area contributed by atoms with Gasteiger partial charge in [-0.1, -0.05) is 30.3 Å². The zero-order valence-corrected chi connectivity index (χ0v) is 10.2. The number of benzene rings is 1. The molecule has 0 heterocycles. The molecule has 0 saturated carbocycles. The van der Waals surface area contributed by atoms with Crippen LogP contribution in [0.4, 0.5) is 0 Å². The molecule has 0 amide bonds. The molecule has 3 nitrogen and oxygen atoms in total. The highest BCUT2D eigenvalue weighted by Crippen LogP contribution is 2.17. The molecule has 0 aromatic heterocycles. The lowest BCUT2D eigenvalue weighted by Gasteiger charge is -2.12. The summed E-state index contributed by atoms with van der Waals surface area (Å²) in [6.45, 7) is 2.97. The molecular weight excluding hydrogens is 226 g/mol. The van der Waals surface area contributed by atoms with Crippen molar-refractivity contribution in [1.82, 2.24) is 0 Å². The van der Waals surface area contributed by atoms with E-state index < -0.39 is 0 Å². The maximum Gasteiger partial charge on any atom is 0.306 e.